The molecule has 2 N–H and O–H groups in total. The molecule has 3 heterocycles. The standard InChI is InChI=1S/C24H27N3O5/c1-30-19-8-7-16(13-20(19)31-2)22(29)27-11-9-23(10-12-27)14-24(15-32-23)25-18-6-4-3-5-17(18)21(28)26-24/h3-8,13,25H,9-12,14-15H2,1-2H3,(H,26,28). The molecule has 2 fully saturated rings. The summed E-state index contributed by atoms with van der Waals surface area (Å²) in [6.07, 6.45) is 2.10. The second kappa shape index (κ2) is 7.70. The molecular weight excluding hydrogens is 410 g/mol. The van der Waals surface area contributed by atoms with Crippen LogP contribution in [0.3, 0.4) is 0 Å². The Balaban J connectivity index is 1.26. The van der Waals surface area contributed by atoms with Crippen LogP contribution in [-0.2, 0) is 4.74 Å². The van der Waals surface area contributed by atoms with Gasteiger partial charge in [0.2, 0.25) is 0 Å². The molecule has 2 spiro atoms. The van der Waals surface area contributed by atoms with Gasteiger partial charge in [-0.2, -0.15) is 0 Å². The highest BCUT2D eigenvalue weighted by Gasteiger charge is 2.53. The maximum absolute atomic E-state index is 13.1. The van der Waals surface area contributed by atoms with Crippen LogP contribution in [0.5, 0.6) is 11.5 Å². The van der Waals surface area contributed by atoms with Gasteiger partial charge in [-0.15, -0.1) is 0 Å². The number of para-hydroxylation sites is 1. The Labute approximate surface area is 186 Å². The Bertz CT molecular complexity index is 1060. The fourth-order valence-electron chi connectivity index (χ4n) is 5.04. The van der Waals surface area contributed by atoms with Crippen molar-refractivity contribution < 1.29 is 23.8 Å². The lowest BCUT2D eigenvalue weighted by atomic mass is 9.84. The first-order valence-electron chi connectivity index (χ1n) is 10.8. The molecule has 3 aliphatic heterocycles. The minimum absolute atomic E-state index is 0.0356. The van der Waals surface area contributed by atoms with Gasteiger partial charge in [-0.05, 0) is 43.2 Å². The number of carbonyl (C=O) groups excluding carboxylic acids is 2. The molecule has 2 saturated heterocycles. The summed E-state index contributed by atoms with van der Waals surface area (Å²) in [5, 5.41) is 6.62. The average molecular weight is 437 g/mol. The summed E-state index contributed by atoms with van der Waals surface area (Å²) < 4.78 is 16.9. The Morgan fingerprint density at radius 1 is 1.03 bits per heavy atom. The molecule has 3 aliphatic rings. The van der Waals surface area contributed by atoms with Crippen molar-refractivity contribution in [1.82, 2.24) is 10.2 Å². The van der Waals surface area contributed by atoms with Crippen LogP contribution in [0.15, 0.2) is 42.5 Å². The van der Waals surface area contributed by atoms with Crippen LogP contribution in [-0.4, -0.2) is 61.9 Å². The molecular formula is C24H27N3O5. The summed E-state index contributed by atoms with van der Waals surface area (Å²) in [5.41, 5.74) is 1.08. The first kappa shape index (κ1) is 20.6. The SMILES string of the molecule is COc1ccc(C(=O)N2CCC3(CC2)CC2(CO3)NC(=O)c3ccccc3N2)cc1OC. The van der Waals surface area contributed by atoms with E-state index in [4.69, 9.17) is 14.2 Å². The maximum Gasteiger partial charge on any atom is 0.255 e. The molecule has 2 amide bonds. The molecule has 0 bridgehead atoms. The van der Waals surface area contributed by atoms with Crippen LogP contribution in [0.2, 0.25) is 0 Å². The predicted octanol–water partition coefficient (Wildman–Crippen LogP) is 2.65. The summed E-state index contributed by atoms with van der Waals surface area (Å²) >= 11 is 0. The molecule has 0 aliphatic carbocycles. The number of likely N-dealkylation sites (tertiary alicyclic amines) is 1. The van der Waals surface area contributed by atoms with Crippen molar-refractivity contribution in [1.29, 1.82) is 0 Å². The minimum Gasteiger partial charge on any atom is -0.493 e. The van der Waals surface area contributed by atoms with Crippen molar-refractivity contribution in [3.05, 3.63) is 53.6 Å². The van der Waals surface area contributed by atoms with Crippen LogP contribution < -0.4 is 20.1 Å². The van der Waals surface area contributed by atoms with E-state index < -0.39 is 5.66 Å². The third-order valence-electron chi connectivity index (χ3n) is 6.74. The molecule has 0 radical (unpaired) electrons. The fraction of sp³-hybridized carbons (Fsp3) is 0.417. The van der Waals surface area contributed by atoms with E-state index in [1.807, 2.05) is 29.2 Å². The Morgan fingerprint density at radius 2 is 1.78 bits per heavy atom. The number of anilines is 1. The van der Waals surface area contributed by atoms with Gasteiger partial charge in [-0.1, -0.05) is 12.1 Å². The van der Waals surface area contributed by atoms with Gasteiger partial charge in [0.1, 0.15) is 5.66 Å². The first-order chi connectivity index (χ1) is 15.5. The van der Waals surface area contributed by atoms with Gasteiger partial charge in [0, 0.05) is 30.8 Å². The highest BCUT2D eigenvalue weighted by Crippen LogP contribution is 2.43. The van der Waals surface area contributed by atoms with Gasteiger partial charge in [-0.25, -0.2) is 0 Å². The zero-order chi connectivity index (χ0) is 22.3. The number of nitrogens with zero attached hydrogens (tertiary/aromatic N) is 1. The second-order valence-corrected chi connectivity index (χ2v) is 8.72. The van der Waals surface area contributed by atoms with Gasteiger partial charge in [0.25, 0.3) is 11.8 Å². The van der Waals surface area contributed by atoms with E-state index in [0.717, 1.165) is 5.69 Å². The van der Waals surface area contributed by atoms with E-state index >= 15 is 0 Å². The van der Waals surface area contributed by atoms with E-state index in [1.54, 1.807) is 32.4 Å². The number of rotatable bonds is 3. The zero-order valence-corrected chi connectivity index (χ0v) is 18.3. The summed E-state index contributed by atoms with van der Waals surface area (Å²) in [4.78, 5) is 27.6. The van der Waals surface area contributed by atoms with Crippen LogP contribution in [0.25, 0.3) is 0 Å². The van der Waals surface area contributed by atoms with E-state index in [0.29, 0.717) is 61.6 Å². The molecule has 2 aromatic rings. The number of nitrogens with one attached hydrogen (secondary N) is 2. The number of amides is 2. The van der Waals surface area contributed by atoms with E-state index in [1.165, 1.54) is 0 Å². The number of benzene rings is 2. The average Bonchev–Trinajstić information content (AvgIpc) is 3.15. The molecule has 168 valence electrons. The van der Waals surface area contributed by atoms with Crippen molar-refractivity contribution in [2.75, 3.05) is 39.2 Å². The summed E-state index contributed by atoms with van der Waals surface area (Å²) in [5.74, 6) is 1.01. The molecule has 0 aromatic heterocycles. The van der Waals surface area contributed by atoms with Crippen molar-refractivity contribution in [2.24, 2.45) is 0 Å². The smallest absolute Gasteiger partial charge is 0.255 e. The molecule has 1 atom stereocenters. The number of methoxy groups -OCH3 is 2. The van der Waals surface area contributed by atoms with Crippen molar-refractivity contribution in [3.8, 4) is 11.5 Å². The topological polar surface area (TPSA) is 89.1 Å². The third kappa shape index (κ3) is 3.44. The number of carbonyl (C=O) groups is 2. The summed E-state index contributed by atoms with van der Waals surface area (Å²) in [6.45, 7) is 1.58. The van der Waals surface area contributed by atoms with Crippen molar-refractivity contribution in [3.63, 3.8) is 0 Å². The lowest BCUT2D eigenvalue weighted by Crippen LogP contribution is -2.59. The number of hydrogen-bond acceptors (Lipinski definition) is 6. The quantitative estimate of drug-likeness (QED) is 0.768. The van der Waals surface area contributed by atoms with Gasteiger partial charge in [0.05, 0.1) is 32.0 Å². The van der Waals surface area contributed by atoms with Crippen LogP contribution in [0.4, 0.5) is 5.69 Å². The van der Waals surface area contributed by atoms with Gasteiger partial charge >= 0.3 is 0 Å². The lowest BCUT2D eigenvalue weighted by Gasteiger charge is -2.41. The summed E-state index contributed by atoms with van der Waals surface area (Å²) in [7, 11) is 3.13. The highest BCUT2D eigenvalue weighted by atomic mass is 16.5. The summed E-state index contributed by atoms with van der Waals surface area (Å²) in [6, 6.07) is 12.7. The molecule has 0 saturated carbocycles. The largest absolute Gasteiger partial charge is 0.493 e. The van der Waals surface area contributed by atoms with Gasteiger partial charge in [-0.3, -0.25) is 9.59 Å². The van der Waals surface area contributed by atoms with Crippen molar-refractivity contribution in [2.45, 2.75) is 30.5 Å². The first-order valence-corrected chi connectivity index (χ1v) is 10.8. The molecule has 1 unspecified atom stereocenters. The predicted molar refractivity (Wildman–Crippen MR) is 118 cm³/mol. The normalized spacial score (nSPS) is 23.4. The van der Waals surface area contributed by atoms with Crippen molar-refractivity contribution >= 4 is 17.5 Å². The molecule has 2 aromatic carbocycles. The number of fused-ring (bicyclic) bond motifs is 1. The number of hydrogen-bond donors (Lipinski definition) is 2. The molecule has 5 rings (SSSR count). The third-order valence-corrected chi connectivity index (χ3v) is 6.74. The number of piperidine rings is 1. The Hall–Kier alpha value is -3.26. The number of ether oxygens (including phenoxy) is 3. The Kier molecular flexibility index (Phi) is 4.97. The maximum atomic E-state index is 13.1. The monoisotopic (exact) mass is 437 g/mol. The van der Waals surface area contributed by atoms with E-state index in [2.05, 4.69) is 10.6 Å². The van der Waals surface area contributed by atoms with Crippen LogP contribution >= 0.6 is 0 Å². The molecule has 32 heavy (non-hydrogen) atoms. The minimum atomic E-state index is -0.610. The van der Waals surface area contributed by atoms with Crippen LogP contribution in [0.1, 0.15) is 40.0 Å². The van der Waals surface area contributed by atoms with E-state index in [-0.39, 0.29) is 17.4 Å². The molecule has 8 nitrogen and oxygen atoms in total. The zero-order valence-electron chi connectivity index (χ0n) is 18.3. The second-order valence-electron chi connectivity index (χ2n) is 8.72. The molecule has 8 heteroatoms. The lowest BCUT2D eigenvalue weighted by molar-refractivity contribution is -0.0393. The van der Waals surface area contributed by atoms with E-state index in [9.17, 15) is 9.59 Å². The van der Waals surface area contributed by atoms with Gasteiger partial charge in [0.15, 0.2) is 11.5 Å². The van der Waals surface area contributed by atoms with Gasteiger partial charge < -0.3 is 29.7 Å². The van der Waals surface area contributed by atoms with Crippen LogP contribution in [0, 0.1) is 0 Å². The fourth-order valence-corrected chi connectivity index (χ4v) is 5.04. The highest BCUT2D eigenvalue weighted by molar-refractivity contribution is 6.02. The Morgan fingerprint density at radius 3 is 2.53 bits per heavy atom.